The predicted octanol–water partition coefficient (Wildman–Crippen LogP) is 5.33. The van der Waals surface area contributed by atoms with Crippen LogP contribution in [0.15, 0.2) is 36.5 Å². The number of rotatable bonds is 6. The van der Waals surface area contributed by atoms with E-state index in [4.69, 9.17) is 4.74 Å². The zero-order valence-electron chi connectivity index (χ0n) is 16.7. The van der Waals surface area contributed by atoms with Crippen LogP contribution < -0.4 is 10.1 Å². The molecule has 1 heterocycles. The van der Waals surface area contributed by atoms with Gasteiger partial charge in [-0.05, 0) is 44.7 Å². The molecule has 1 aliphatic rings. The Kier molecular flexibility index (Phi) is 6.15. The number of aromatic nitrogens is 1. The van der Waals surface area contributed by atoms with Gasteiger partial charge in [-0.15, -0.1) is 0 Å². The van der Waals surface area contributed by atoms with Crippen molar-refractivity contribution in [2.24, 2.45) is 0 Å². The summed E-state index contributed by atoms with van der Waals surface area (Å²) < 4.78 is 5.64. The van der Waals surface area contributed by atoms with Crippen LogP contribution in [0.5, 0.6) is 5.88 Å². The van der Waals surface area contributed by atoms with E-state index < -0.39 is 5.41 Å². The fraction of sp³-hybridized carbons (Fsp3) is 0.478. The number of carbonyl (C=O) groups excluding carboxylic acids is 1. The summed E-state index contributed by atoms with van der Waals surface area (Å²) in [7, 11) is 0. The Morgan fingerprint density at radius 1 is 1.19 bits per heavy atom. The van der Waals surface area contributed by atoms with Gasteiger partial charge in [-0.1, -0.05) is 56.0 Å². The number of nitrogens with one attached hydrogen (secondary N) is 1. The molecule has 1 aromatic carbocycles. The number of nitrogens with zero attached hydrogens (tertiary/aromatic N) is 1. The summed E-state index contributed by atoms with van der Waals surface area (Å²) in [5.74, 6) is 0.720. The molecule has 0 spiro atoms. The van der Waals surface area contributed by atoms with Crippen LogP contribution in [0.1, 0.15) is 62.1 Å². The Hall–Kier alpha value is -2.36. The van der Waals surface area contributed by atoms with Gasteiger partial charge in [0.15, 0.2) is 0 Å². The summed E-state index contributed by atoms with van der Waals surface area (Å²) in [4.78, 5) is 17.8. The average molecular weight is 367 g/mol. The van der Waals surface area contributed by atoms with Crippen molar-refractivity contribution in [3.05, 3.63) is 53.2 Å². The smallest absolute Gasteiger partial charge is 0.235 e. The van der Waals surface area contributed by atoms with Gasteiger partial charge in [-0.3, -0.25) is 4.79 Å². The zero-order chi connectivity index (χ0) is 19.3. The Morgan fingerprint density at radius 2 is 1.96 bits per heavy atom. The van der Waals surface area contributed by atoms with Gasteiger partial charge in [0.2, 0.25) is 11.8 Å². The molecule has 4 nitrogen and oxygen atoms in total. The molecule has 1 aromatic heterocycles. The Bertz CT molecular complexity index is 795. The van der Waals surface area contributed by atoms with Crippen LogP contribution in [0, 0.1) is 13.8 Å². The second-order valence-electron chi connectivity index (χ2n) is 7.66. The summed E-state index contributed by atoms with van der Waals surface area (Å²) in [6.07, 6.45) is 7.80. The highest BCUT2D eigenvalue weighted by Crippen LogP contribution is 2.40. The van der Waals surface area contributed by atoms with Gasteiger partial charge in [0, 0.05) is 5.56 Å². The third kappa shape index (κ3) is 4.32. The summed E-state index contributed by atoms with van der Waals surface area (Å²) in [5.41, 5.74) is 3.55. The molecule has 1 saturated carbocycles. The molecule has 1 amide bonds. The summed E-state index contributed by atoms with van der Waals surface area (Å²) in [5, 5.41) is 3.14. The highest BCUT2D eigenvalue weighted by molar-refractivity contribution is 5.99. The number of ether oxygens (including phenoxy) is 1. The minimum atomic E-state index is -0.449. The third-order valence-electron chi connectivity index (χ3n) is 5.44. The number of pyridine rings is 1. The van der Waals surface area contributed by atoms with E-state index in [2.05, 4.69) is 48.4 Å². The monoisotopic (exact) mass is 366 g/mol. The molecule has 144 valence electrons. The first-order chi connectivity index (χ1) is 13.0. The second-order valence-corrected chi connectivity index (χ2v) is 7.66. The van der Waals surface area contributed by atoms with Crippen molar-refractivity contribution < 1.29 is 9.53 Å². The van der Waals surface area contributed by atoms with Gasteiger partial charge >= 0.3 is 0 Å². The lowest BCUT2D eigenvalue weighted by atomic mass is 9.68. The lowest BCUT2D eigenvalue weighted by Gasteiger charge is -2.36. The number of amides is 1. The number of carbonyl (C=O) groups is 1. The molecule has 0 bridgehead atoms. The first kappa shape index (κ1) is 19.4. The molecular weight excluding hydrogens is 336 g/mol. The topological polar surface area (TPSA) is 51.2 Å². The van der Waals surface area contributed by atoms with Gasteiger partial charge < -0.3 is 10.1 Å². The van der Waals surface area contributed by atoms with Gasteiger partial charge in [0.25, 0.3) is 0 Å². The second kappa shape index (κ2) is 8.55. The average Bonchev–Trinajstić information content (AvgIpc) is 2.68. The van der Waals surface area contributed by atoms with Crippen molar-refractivity contribution in [2.75, 3.05) is 11.9 Å². The SMILES string of the molecule is CCCOc1ncc(NC(=O)C2(c3cccc(C)c3)CCCCC2)cc1C. The molecule has 4 heteroatoms. The van der Waals surface area contributed by atoms with Crippen LogP contribution in [0.3, 0.4) is 0 Å². The predicted molar refractivity (Wildman–Crippen MR) is 109 cm³/mol. The van der Waals surface area contributed by atoms with E-state index in [1.54, 1.807) is 6.20 Å². The van der Waals surface area contributed by atoms with Crippen LogP contribution in [0.25, 0.3) is 0 Å². The van der Waals surface area contributed by atoms with Gasteiger partial charge in [0.1, 0.15) is 0 Å². The number of anilines is 1. The number of hydrogen-bond acceptors (Lipinski definition) is 3. The molecule has 2 aromatic rings. The van der Waals surface area contributed by atoms with Crippen molar-refractivity contribution in [1.29, 1.82) is 0 Å². The number of benzene rings is 1. The zero-order valence-corrected chi connectivity index (χ0v) is 16.7. The molecular formula is C23H30N2O2. The normalized spacial score (nSPS) is 16.0. The van der Waals surface area contributed by atoms with Crippen LogP contribution in [-0.2, 0) is 10.2 Å². The van der Waals surface area contributed by atoms with E-state index in [1.807, 2.05) is 13.0 Å². The quantitative estimate of drug-likeness (QED) is 0.752. The molecule has 0 aliphatic heterocycles. The Morgan fingerprint density at radius 3 is 2.63 bits per heavy atom. The van der Waals surface area contributed by atoms with Crippen molar-refractivity contribution >= 4 is 11.6 Å². The summed E-state index contributed by atoms with van der Waals surface area (Å²) in [6.45, 7) is 6.76. The van der Waals surface area contributed by atoms with E-state index in [0.29, 0.717) is 12.5 Å². The van der Waals surface area contributed by atoms with Gasteiger partial charge in [0.05, 0.1) is 23.9 Å². The molecule has 27 heavy (non-hydrogen) atoms. The molecule has 1 fully saturated rings. The largest absolute Gasteiger partial charge is 0.477 e. The maximum absolute atomic E-state index is 13.4. The van der Waals surface area contributed by atoms with Crippen molar-refractivity contribution in [1.82, 2.24) is 4.98 Å². The van der Waals surface area contributed by atoms with E-state index in [0.717, 1.165) is 48.9 Å². The highest BCUT2D eigenvalue weighted by Gasteiger charge is 2.41. The van der Waals surface area contributed by atoms with Crippen LogP contribution in [-0.4, -0.2) is 17.5 Å². The van der Waals surface area contributed by atoms with Crippen molar-refractivity contribution in [2.45, 2.75) is 64.7 Å². The lowest BCUT2D eigenvalue weighted by molar-refractivity contribution is -0.122. The molecule has 0 atom stereocenters. The van der Waals surface area contributed by atoms with Gasteiger partial charge in [-0.25, -0.2) is 4.98 Å². The van der Waals surface area contributed by atoms with Crippen molar-refractivity contribution in [3.63, 3.8) is 0 Å². The Balaban J connectivity index is 1.84. The minimum Gasteiger partial charge on any atom is -0.477 e. The number of hydrogen-bond donors (Lipinski definition) is 1. The molecule has 0 saturated heterocycles. The first-order valence-electron chi connectivity index (χ1n) is 10.0. The lowest BCUT2D eigenvalue weighted by Crippen LogP contribution is -2.42. The maximum atomic E-state index is 13.4. The first-order valence-corrected chi connectivity index (χ1v) is 10.0. The third-order valence-corrected chi connectivity index (χ3v) is 5.44. The molecule has 0 radical (unpaired) electrons. The Labute approximate surface area is 162 Å². The fourth-order valence-electron chi connectivity index (χ4n) is 3.98. The number of aryl methyl sites for hydroxylation is 2. The summed E-state index contributed by atoms with van der Waals surface area (Å²) in [6, 6.07) is 10.3. The molecule has 1 aliphatic carbocycles. The summed E-state index contributed by atoms with van der Waals surface area (Å²) >= 11 is 0. The van der Waals surface area contributed by atoms with Gasteiger partial charge in [-0.2, -0.15) is 0 Å². The molecule has 0 unspecified atom stereocenters. The molecule has 1 N–H and O–H groups in total. The van der Waals surface area contributed by atoms with Crippen molar-refractivity contribution in [3.8, 4) is 5.88 Å². The van der Waals surface area contributed by atoms with E-state index in [-0.39, 0.29) is 5.91 Å². The van der Waals surface area contributed by atoms with E-state index in [1.165, 1.54) is 12.0 Å². The van der Waals surface area contributed by atoms with Crippen LogP contribution in [0.4, 0.5) is 5.69 Å². The molecule has 3 rings (SSSR count). The fourth-order valence-corrected chi connectivity index (χ4v) is 3.98. The minimum absolute atomic E-state index is 0.0798. The maximum Gasteiger partial charge on any atom is 0.235 e. The van der Waals surface area contributed by atoms with Crippen LogP contribution >= 0.6 is 0 Å². The van der Waals surface area contributed by atoms with Crippen LogP contribution in [0.2, 0.25) is 0 Å². The van der Waals surface area contributed by atoms with E-state index in [9.17, 15) is 4.79 Å². The standard InChI is InChI=1S/C23H30N2O2/c1-4-13-27-21-18(3)15-20(16-24-21)25-22(26)23(11-6-5-7-12-23)19-10-8-9-17(2)14-19/h8-10,14-16H,4-7,11-13H2,1-3H3,(H,25,26). The van der Waals surface area contributed by atoms with E-state index >= 15 is 0 Å². The highest BCUT2D eigenvalue weighted by atomic mass is 16.5.